The minimum atomic E-state index is -0.608. The normalized spacial score (nSPS) is 11.9. The molecule has 2 heterocycles. The van der Waals surface area contributed by atoms with Crippen molar-refractivity contribution in [3.63, 3.8) is 0 Å². The van der Waals surface area contributed by atoms with Gasteiger partial charge in [0.2, 0.25) is 5.91 Å². The van der Waals surface area contributed by atoms with Crippen LogP contribution < -0.4 is 16.6 Å². The van der Waals surface area contributed by atoms with E-state index in [9.17, 15) is 19.6 Å². The van der Waals surface area contributed by atoms with Crippen LogP contribution in [0, 0.1) is 18.3 Å². The Hall–Kier alpha value is -3.87. The van der Waals surface area contributed by atoms with E-state index < -0.39 is 23.1 Å². The Morgan fingerprint density at radius 3 is 2.49 bits per heavy atom. The molecule has 1 atom stereocenters. The maximum Gasteiger partial charge on any atom is 0.332 e. The molecule has 4 aromatic rings. The first-order valence-electron chi connectivity index (χ1n) is 10.5. The summed E-state index contributed by atoms with van der Waals surface area (Å²) in [5.41, 5.74) is 1.84. The molecule has 0 aliphatic rings. The van der Waals surface area contributed by atoms with E-state index in [2.05, 4.69) is 16.4 Å². The monoisotopic (exact) mass is 510 g/mol. The van der Waals surface area contributed by atoms with Crippen LogP contribution in [0.1, 0.15) is 22.6 Å². The molecule has 178 valence electrons. The van der Waals surface area contributed by atoms with Crippen molar-refractivity contribution in [2.75, 3.05) is 5.32 Å². The molecule has 0 spiro atoms. The number of halogens is 2. The Labute approximate surface area is 209 Å². The molecule has 11 heteroatoms. The SMILES string of the molecule is Cc1cc([C@@H](C#N)c2ccc(Cl)cc2)c(Cl)cc1NC(=O)Cn1cnc2c1c(=O)n(C)c(=O)n2C. The van der Waals surface area contributed by atoms with Gasteiger partial charge in [0.1, 0.15) is 6.54 Å². The highest BCUT2D eigenvalue weighted by atomic mass is 35.5. The highest BCUT2D eigenvalue weighted by Gasteiger charge is 2.20. The summed E-state index contributed by atoms with van der Waals surface area (Å²) in [5, 5.41) is 13.5. The quantitative estimate of drug-likeness (QED) is 0.442. The number of imidazole rings is 1. The average molecular weight is 511 g/mol. The minimum Gasteiger partial charge on any atom is -0.324 e. The van der Waals surface area contributed by atoms with E-state index in [-0.39, 0.29) is 17.7 Å². The summed E-state index contributed by atoms with van der Waals surface area (Å²) in [4.78, 5) is 41.6. The number of carbonyl (C=O) groups is 1. The first kappa shape index (κ1) is 24.3. The smallest absolute Gasteiger partial charge is 0.324 e. The fourth-order valence-electron chi connectivity index (χ4n) is 3.90. The van der Waals surface area contributed by atoms with Gasteiger partial charge in [-0.05, 0) is 41.8 Å². The van der Waals surface area contributed by atoms with Crippen LogP contribution in [0.25, 0.3) is 11.2 Å². The Balaban J connectivity index is 1.61. The second kappa shape index (κ2) is 9.41. The molecule has 1 amide bonds. The van der Waals surface area contributed by atoms with Crippen molar-refractivity contribution in [1.82, 2.24) is 18.7 Å². The minimum absolute atomic E-state index is 0.148. The number of nitriles is 1. The van der Waals surface area contributed by atoms with Crippen molar-refractivity contribution < 1.29 is 4.79 Å². The number of aromatic nitrogens is 4. The highest BCUT2D eigenvalue weighted by molar-refractivity contribution is 6.32. The van der Waals surface area contributed by atoms with E-state index in [0.29, 0.717) is 26.9 Å². The number of fused-ring (bicyclic) bond motifs is 1. The zero-order valence-electron chi connectivity index (χ0n) is 19.0. The van der Waals surface area contributed by atoms with E-state index >= 15 is 0 Å². The lowest BCUT2D eigenvalue weighted by molar-refractivity contribution is -0.116. The second-order valence-corrected chi connectivity index (χ2v) is 8.94. The summed E-state index contributed by atoms with van der Waals surface area (Å²) in [5.74, 6) is -1.02. The van der Waals surface area contributed by atoms with Gasteiger partial charge in [0.05, 0.1) is 18.3 Å². The van der Waals surface area contributed by atoms with Crippen LogP contribution >= 0.6 is 23.2 Å². The van der Waals surface area contributed by atoms with Gasteiger partial charge in [0, 0.05) is 29.8 Å². The van der Waals surface area contributed by atoms with Crippen LogP contribution in [-0.2, 0) is 25.4 Å². The zero-order chi connectivity index (χ0) is 25.4. The molecule has 0 saturated heterocycles. The lowest BCUT2D eigenvalue weighted by Crippen LogP contribution is -2.37. The molecule has 0 fully saturated rings. The first-order valence-corrected chi connectivity index (χ1v) is 11.2. The summed E-state index contributed by atoms with van der Waals surface area (Å²) in [6.45, 7) is 1.60. The lowest BCUT2D eigenvalue weighted by atomic mass is 9.91. The molecule has 0 unspecified atom stereocenters. The van der Waals surface area contributed by atoms with E-state index in [0.717, 1.165) is 10.1 Å². The van der Waals surface area contributed by atoms with Crippen molar-refractivity contribution in [3.8, 4) is 6.07 Å². The molecule has 2 aromatic heterocycles. The van der Waals surface area contributed by atoms with E-state index in [4.69, 9.17) is 23.2 Å². The van der Waals surface area contributed by atoms with E-state index in [1.807, 2.05) is 0 Å². The van der Waals surface area contributed by atoms with Crippen molar-refractivity contribution in [3.05, 3.63) is 90.3 Å². The van der Waals surface area contributed by atoms with Crippen LogP contribution in [0.3, 0.4) is 0 Å². The molecule has 0 aliphatic carbocycles. The summed E-state index contributed by atoms with van der Waals surface area (Å²) in [7, 11) is 2.87. The molecule has 4 rings (SSSR count). The number of aryl methyl sites for hydroxylation is 2. The summed E-state index contributed by atoms with van der Waals surface area (Å²) < 4.78 is 3.61. The number of amides is 1. The van der Waals surface area contributed by atoms with Gasteiger partial charge >= 0.3 is 5.69 Å². The Morgan fingerprint density at radius 2 is 1.83 bits per heavy atom. The number of carbonyl (C=O) groups excluding carboxylic acids is 1. The largest absolute Gasteiger partial charge is 0.332 e. The van der Waals surface area contributed by atoms with Gasteiger partial charge in [-0.3, -0.25) is 18.7 Å². The molecular formula is C24H20Cl2N6O3. The third-order valence-corrected chi connectivity index (χ3v) is 6.37. The van der Waals surface area contributed by atoms with Crippen LogP contribution in [-0.4, -0.2) is 24.6 Å². The van der Waals surface area contributed by atoms with Gasteiger partial charge in [-0.15, -0.1) is 0 Å². The van der Waals surface area contributed by atoms with Crippen molar-refractivity contribution in [2.45, 2.75) is 19.4 Å². The van der Waals surface area contributed by atoms with Gasteiger partial charge in [-0.2, -0.15) is 5.26 Å². The Bertz CT molecular complexity index is 1630. The molecule has 2 aromatic carbocycles. The Kier molecular flexibility index (Phi) is 6.52. The van der Waals surface area contributed by atoms with Gasteiger partial charge in [0.25, 0.3) is 5.56 Å². The van der Waals surface area contributed by atoms with Crippen LogP contribution in [0.15, 0.2) is 52.3 Å². The molecule has 9 nitrogen and oxygen atoms in total. The van der Waals surface area contributed by atoms with Crippen molar-refractivity contribution >= 4 is 46.0 Å². The number of rotatable bonds is 5. The van der Waals surface area contributed by atoms with Gasteiger partial charge in [0.15, 0.2) is 11.2 Å². The maximum atomic E-state index is 12.8. The van der Waals surface area contributed by atoms with Gasteiger partial charge < -0.3 is 9.88 Å². The van der Waals surface area contributed by atoms with Crippen LogP contribution in [0.2, 0.25) is 10.0 Å². The number of benzene rings is 2. The first-order chi connectivity index (χ1) is 16.6. The van der Waals surface area contributed by atoms with Crippen LogP contribution in [0.5, 0.6) is 0 Å². The zero-order valence-corrected chi connectivity index (χ0v) is 20.6. The molecule has 0 saturated carbocycles. The number of anilines is 1. The standard InChI is InChI=1S/C24H20Cl2N6O3/c1-13-8-16(17(10-27)14-4-6-15(25)7-5-14)18(26)9-19(13)29-20(33)11-32-12-28-22-21(32)23(34)31(3)24(35)30(22)2/h4-9,12,17H,11H2,1-3H3,(H,29,33)/t17-/m0/s1. The summed E-state index contributed by atoms with van der Waals surface area (Å²) in [6.07, 6.45) is 1.34. The molecule has 0 aliphatic heterocycles. The number of nitrogens with zero attached hydrogens (tertiary/aromatic N) is 5. The topological polar surface area (TPSA) is 115 Å². The van der Waals surface area contributed by atoms with E-state index in [1.165, 1.54) is 29.6 Å². The average Bonchev–Trinajstić information content (AvgIpc) is 3.24. The van der Waals surface area contributed by atoms with Gasteiger partial charge in [-0.1, -0.05) is 41.4 Å². The van der Waals surface area contributed by atoms with Crippen molar-refractivity contribution in [2.24, 2.45) is 14.1 Å². The number of nitrogens with one attached hydrogen (secondary N) is 1. The fraction of sp³-hybridized carbons (Fsp3) is 0.208. The number of hydrogen-bond donors (Lipinski definition) is 1. The van der Waals surface area contributed by atoms with Gasteiger partial charge in [-0.25, -0.2) is 9.78 Å². The molecule has 35 heavy (non-hydrogen) atoms. The predicted molar refractivity (Wildman–Crippen MR) is 134 cm³/mol. The predicted octanol–water partition coefficient (Wildman–Crippen LogP) is 3.34. The molecule has 0 radical (unpaired) electrons. The fourth-order valence-corrected chi connectivity index (χ4v) is 4.30. The Morgan fingerprint density at radius 1 is 1.14 bits per heavy atom. The third kappa shape index (κ3) is 4.46. The number of hydrogen-bond acceptors (Lipinski definition) is 5. The summed E-state index contributed by atoms with van der Waals surface area (Å²) >= 11 is 12.5. The van der Waals surface area contributed by atoms with Crippen molar-refractivity contribution in [1.29, 1.82) is 5.26 Å². The second-order valence-electron chi connectivity index (χ2n) is 8.10. The van der Waals surface area contributed by atoms with E-state index in [1.54, 1.807) is 43.3 Å². The molecular weight excluding hydrogens is 491 g/mol. The van der Waals surface area contributed by atoms with Crippen LogP contribution in [0.4, 0.5) is 5.69 Å². The third-order valence-electron chi connectivity index (χ3n) is 5.79. The molecule has 0 bridgehead atoms. The maximum absolute atomic E-state index is 12.8. The molecule has 1 N–H and O–H groups in total. The summed E-state index contributed by atoms with van der Waals surface area (Å²) in [6, 6.07) is 12.6. The highest BCUT2D eigenvalue weighted by Crippen LogP contribution is 2.34. The lowest BCUT2D eigenvalue weighted by Gasteiger charge is -2.16.